The zero-order valence-electron chi connectivity index (χ0n) is 9.41. The number of rotatable bonds is 3. The summed E-state index contributed by atoms with van der Waals surface area (Å²) in [6.07, 6.45) is 0. The van der Waals surface area contributed by atoms with Crippen LogP contribution in [0.1, 0.15) is 16.5 Å². The van der Waals surface area contributed by atoms with E-state index in [1.807, 2.05) is 5.38 Å². The van der Waals surface area contributed by atoms with Crippen molar-refractivity contribution in [2.24, 2.45) is 5.73 Å². The maximum Gasteiger partial charge on any atom is 0.134 e. The molecule has 0 saturated carbocycles. The SMILES string of the molecule is COc1ccsc1C(N)c1cc(Cl)c(Br)cc1F. The minimum atomic E-state index is -0.592. The Morgan fingerprint density at radius 3 is 2.89 bits per heavy atom. The van der Waals surface area contributed by atoms with Crippen LogP contribution < -0.4 is 10.5 Å². The fraction of sp³-hybridized carbons (Fsp3) is 0.167. The predicted molar refractivity (Wildman–Crippen MR) is 76.0 cm³/mol. The highest BCUT2D eigenvalue weighted by Crippen LogP contribution is 2.36. The number of halogens is 3. The summed E-state index contributed by atoms with van der Waals surface area (Å²) in [5, 5.41) is 2.28. The van der Waals surface area contributed by atoms with Crippen LogP contribution in [0.2, 0.25) is 5.02 Å². The van der Waals surface area contributed by atoms with Gasteiger partial charge in [0.05, 0.1) is 23.1 Å². The number of hydrogen-bond donors (Lipinski definition) is 1. The molecule has 2 aromatic rings. The molecule has 1 aromatic carbocycles. The van der Waals surface area contributed by atoms with E-state index in [0.29, 0.717) is 20.8 Å². The van der Waals surface area contributed by atoms with Gasteiger partial charge in [-0.15, -0.1) is 11.3 Å². The highest BCUT2D eigenvalue weighted by Gasteiger charge is 2.20. The second kappa shape index (κ2) is 5.57. The lowest BCUT2D eigenvalue weighted by atomic mass is 10.1. The van der Waals surface area contributed by atoms with E-state index in [1.54, 1.807) is 13.2 Å². The Labute approximate surface area is 122 Å². The highest BCUT2D eigenvalue weighted by atomic mass is 79.9. The summed E-state index contributed by atoms with van der Waals surface area (Å²) < 4.78 is 19.6. The number of methoxy groups -OCH3 is 1. The molecule has 0 amide bonds. The van der Waals surface area contributed by atoms with Gasteiger partial charge in [-0.3, -0.25) is 0 Å². The monoisotopic (exact) mass is 349 g/mol. The largest absolute Gasteiger partial charge is 0.496 e. The predicted octanol–water partition coefficient (Wildman–Crippen LogP) is 4.36. The van der Waals surface area contributed by atoms with E-state index in [1.165, 1.54) is 23.5 Å². The van der Waals surface area contributed by atoms with E-state index < -0.39 is 11.9 Å². The summed E-state index contributed by atoms with van der Waals surface area (Å²) in [5.41, 5.74) is 6.42. The molecule has 2 rings (SSSR count). The summed E-state index contributed by atoms with van der Waals surface area (Å²) in [5.74, 6) is 0.264. The molecule has 1 unspecified atom stereocenters. The van der Waals surface area contributed by atoms with Gasteiger partial charge in [-0.05, 0) is 39.5 Å². The fourth-order valence-electron chi connectivity index (χ4n) is 1.62. The number of hydrogen-bond acceptors (Lipinski definition) is 3. The Morgan fingerprint density at radius 1 is 1.50 bits per heavy atom. The third kappa shape index (κ3) is 2.54. The summed E-state index contributed by atoms with van der Waals surface area (Å²) >= 11 is 10.6. The van der Waals surface area contributed by atoms with Crippen LogP contribution in [0.15, 0.2) is 28.1 Å². The van der Waals surface area contributed by atoms with Crippen LogP contribution in [0.25, 0.3) is 0 Å². The summed E-state index contributed by atoms with van der Waals surface area (Å²) in [4.78, 5) is 0.773. The van der Waals surface area contributed by atoms with Crippen LogP contribution in [0.3, 0.4) is 0 Å². The van der Waals surface area contributed by atoms with Gasteiger partial charge in [-0.1, -0.05) is 11.6 Å². The molecule has 1 heterocycles. The number of thiophene rings is 1. The van der Waals surface area contributed by atoms with Crippen molar-refractivity contribution in [3.8, 4) is 5.75 Å². The Hall–Kier alpha value is -0.620. The molecule has 0 fully saturated rings. The maximum atomic E-state index is 13.9. The van der Waals surface area contributed by atoms with Gasteiger partial charge < -0.3 is 10.5 Å². The molecule has 0 spiro atoms. The highest BCUT2D eigenvalue weighted by molar-refractivity contribution is 9.10. The molecule has 1 aromatic heterocycles. The number of ether oxygens (including phenoxy) is 1. The average Bonchev–Trinajstić information content (AvgIpc) is 2.81. The van der Waals surface area contributed by atoms with Crippen LogP contribution in [0.5, 0.6) is 5.75 Å². The lowest BCUT2D eigenvalue weighted by Gasteiger charge is -2.14. The van der Waals surface area contributed by atoms with Crippen molar-refractivity contribution in [1.29, 1.82) is 0 Å². The quantitative estimate of drug-likeness (QED) is 0.835. The summed E-state index contributed by atoms with van der Waals surface area (Å²) in [7, 11) is 1.56. The first-order valence-corrected chi connectivity index (χ1v) is 7.11. The zero-order valence-corrected chi connectivity index (χ0v) is 12.6. The normalized spacial score (nSPS) is 12.5. The van der Waals surface area contributed by atoms with Gasteiger partial charge in [-0.2, -0.15) is 0 Å². The van der Waals surface area contributed by atoms with Gasteiger partial charge >= 0.3 is 0 Å². The molecule has 96 valence electrons. The van der Waals surface area contributed by atoms with Crippen LogP contribution in [0.4, 0.5) is 4.39 Å². The lowest BCUT2D eigenvalue weighted by molar-refractivity contribution is 0.410. The zero-order chi connectivity index (χ0) is 13.3. The van der Waals surface area contributed by atoms with Gasteiger partial charge in [0.15, 0.2) is 0 Å². The van der Waals surface area contributed by atoms with Crippen molar-refractivity contribution in [2.75, 3.05) is 7.11 Å². The molecule has 2 nitrogen and oxygen atoms in total. The molecule has 0 radical (unpaired) electrons. The summed E-state index contributed by atoms with van der Waals surface area (Å²) in [6, 6.07) is 4.06. The molecule has 0 bridgehead atoms. The van der Waals surface area contributed by atoms with Crippen molar-refractivity contribution < 1.29 is 9.13 Å². The topological polar surface area (TPSA) is 35.2 Å². The Kier molecular flexibility index (Phi) is 4.27. The third-order valence-electron chi connectivity index (χ3n) is 2.53. The van der Waals surface area contributed by atoms with E-state index in [9.17, 15) is 4.39 Å². The second-order valence-corrected chi connectivity index (χ2v) is 5.83. The second-order valence-electron chi connectivity index (χ2n) is 3.62. The van der Waals surface area contributed by atoms with Gasteiger partial charge in [0.1, 0.15) is 11.6 Å². The van der Waals surface area contributed by atoms with E-state index in [0.717, 1.165) is 4.88 Å². The third-order valence-corrected chi connectivity index (χ3v) is 4.71. The van der Waals surface area contributed by atoms with Crippen molar-refractivity contribution in [1.82, 2.24) is 0 Å². The van der Waals surface area contributed by atoms with E-state index in [4.69, 9.17) is 22.1 Å². The van der Waals surface area contributed by atoms with Crippen LogP contribution in [0, 0.1) is 5.82 Å². The first kappa shape index (κ1) is 13.8. The average molecular weight is 351 g/mol. The molecule has 0 aliphatic rings. The van der Waals surface area contributed by atoms with E-state index >= 15 is 0 Å². The Bertz CT molecular complexity index is 575. The smallest absolute Gasteiger partial charge is 0.134 e. The van der Waals surface area contributed by atoms with Gasteiger partial charge in [0.25, 0.3) is 0 Å². The Morgan fingerprint density at radius 2 is 2.22 bits per heavy atom. The molecule has 18 heavy (non-hydrogen) atoms. The van der Waals surface area contributed by atoms with Crippen molar-refractivity contribution >= 4 is 38.9 Å². The molecular weight excluding hydrogens is 341 g/mol. The first-order valence-electron chi connectivity index (χ1n) is 5.06. The van der Waals surface area contributed by atoms with Crippen molar-refractivity contribution in [2.45, 2.75) is 6.04 Å². The number of benzene rings is 1. The molecule has 0 aliphatic heterocycles. The Balaban J connectivity index is 2.46. The minimum absolute atomic E-state index is 0.351. The van der Waals surface area contributed by atoms with Crippen LogP contribution in [-0.2, 0) is 0 Å². The minimum Gasteiger partial charge on any atom is -0.496 e. The standard InChI is InChI=1S/C12H10BrClFNOS/c1-17-10-2-3-18-12(10)11(16)6-4-8(14)7(13)5-9(6)15/h2-5,11H,16H2,1H3. The molecule has 6 heteroatoms. The maximum absolute atomic E-state index is 13.9. The van der Waals surface area contributed by atoms with Gasteiger partial charge in [0, 0.05) is 10.0 Å². The van der Waals surface area contributed by atoms with E-state index in [-0.39, 0.29) is 0 Å². The molecule has 0 aliphatic carbocycles. The summed E-state index contributed by atoms with van der Waals surface area (Å²) in [6.45, 7) is 0. The van der Waals surface area contributed by atoms with E-state index in [2.05, 4.69) is 15.9 Å². The molecule has 0 saturated heterocycles. The van der Waals surface area contributed by atoms with Crippen LogP contribution >= 0.6 is 38.9 Å². The molecule has 1 atom stereocenters. The van der Waals surface area contributed by atoms with Gasteiger partial charge in [0.2, 0.25) is 0 Å². The number of nitrogens with two attached hydrogens (primary N) is 1. The van der Waals surface area contributed by atoms with Crippen molar-refractivity contribution in [3.05, 3.63) is 49.3 Å². The lowest BCUT2D eigenvalue weighted by Crippen LogP contribution is -2.13. The van der Waals surface area contributed by atoms with Gasteiger partial charge in [-0.25, -0.2) is 4.39 Å². The fourth-order valence-corrected chi connectivity index (χ4v) is 2.99. The van der Waals surface area contributed by atoms with Crippen molar-refractivity contribution in [3.63, 3.8) is 0 Å². The van der Waals surface area contributed by atoms with Crippen LogP contribution in [-0.4, -0.2) is 7.11 Å². The molecule has 2 N–H and O–H groups in total. The first-order chi connectivity index (χ1) is 8.54. The molecular formula is C12H10BrClFNOS.